The smallest absolute Gasteiger partial charge is 0.228 e. The maximum Gasteiger partial charge on any atom is 0.228 e. The number of nitrogens with one attached hydrogen (secondary N) is 1. The van der Waals surface area contributed by atoms with E-state index < -0.39 is 0 Å². The summed E-state index contributed by atoms with van der Waals surface area (Å²) < 4.78 is 7.00. The molecule has 6 heteroatoms. The Balaban J connectivity index is 2.02. The largest absolute Gasteiger partial charge is 0.442 e. The number of fused-ring (bicyclic) bond motifs is 1. The minimum atomic E-state index is -0.348. The molecule has 2 aliphatic rings. The summed E-state index contributed by atoms with van der Waals surface area (Å²) in [5.74, 6) is 6.59. The standard InChI is InChI=1S/C17H16N4O2/c18-16-15-13(10-5-2-1-3-6-10)14-11(22)7-4-8-12(14)23-17(15)20-9-21(16)19/h1-3,5-6,9,13,18H,4,7-8,19H2. The summed E-state index contributed by atoms with van der Waals surface area (Å²) in [6, 6.07) is 9.69. The van der Waals surface area contributed by atoms with Crippen LogP contribution in [0.1, 0.15) is 36.3 Å². The van der Waals surface area contributed by atoms with Crippen LogP contribution in [0.5, 0.6) is 5.88 Å². The molecular weight excluding hydrogens is 292 g/mol. The van der Waals surface area contributed by atoms with Crippen molar-refractivity contribution >= 4 is 5.78 Å². The monoisotopic (exact) mass is 308 g/mol. The van der Waals surface area contributed by atoms with Gasteiger partial charge in [-0.15, -0.1) is 0 Å². The first kappa shape index (κ1) is 13.8. The third-order valence-electron chi connectivity index (χ3n) is 4.38. The number of ether oxygens (including phenoxy) is 1. The van der Waals surface area contributed by atoms with Crippen LogP contribution in [0.4, 0.5) is 0 Å². The zero-order valence-corrected chi connectivity index (χ0v) is 12.5. The Morgan fingerprint density at radius 2 is 2.04 bits per heavy atom. The number of hydrogen-bond donors (Lipinski definition) is 2. The van der Waals surface area contributed by atoms with Crippen molar-refractivity contribution in [1.82, 2.24) is 9.66 Å². The normalized spacial score (nSPS) is 19.8. The van der Waals surface area contributed by atoms with Crippen LogP contribution in [-0.4, -0.2) is 15.4 Å². The van der Waals surface area contributed by atoms with E-state index in [-0.39, 0.29) is 17.2 Å². The second kappa shape index (κ2) is 5.08. The average Bonchev–Trinajstić information content (AvgIpc) is 2.58. The maximum atomic E-state index is 12.6. The molecule has 0 radical (unpaired) electrons. The van der Waals surface area contributed by atoms with E-state index in [0.717, 1.165) is 23.1 Å². The quantitative estimate of drug-likeness (QED) is 0.783. The molecule has 6 nitrogen and oxygen atoms in total. The Bertz CT molecular complexity index is 883. The van der Waals surface area contributed by atoms with Gasteiger partial charge in [0.25, 0.3) is 0 Å². The number of nitrogens with zero attached hydrogens (tertiary/aromatic N) is 2. The molecule has 0 saturated carbocycles. The first-order chi connectivity index (χ1) is 11.2. The summed E-state index contributed by atoms with van der Waals surface area (Å²) in [7, 11) is 0. The lowest BCUT2D eigenvalue weighted by molar-refractivity contribution is -0.116. The Morgan fingerprint density at radius 3 is 2.83 bits per heavy atom. The van der Waals surface area contributed by atoms with Crippen molar-refractivity contribution in [3.05, 3.63) is 64.6 Å². The van der Waals surface area contributed by atoms with Crippen LogP contribution in [0.3, 0.4) is 0 Å². The summed E-state index contributed by atoms with van der Waals surface area (Å²) in [6.07, 6.45) is 3.37. The number of carbonyl (C=O) groups excluding carboxylic acids is 1. The number of hydrogen-bond acceptors (Lipinski definition) is 5. The summed E-state index contributed by atoms with van der Waals surface area (Å²) in [4.78, 5) is 16.8. The van der Waals surface area contributed by atoms with Crippen LogP contribution < -0.4 is 16.1 Å². The maximum absolute atomic E-state index is 12.6. The van der Waals surface area contributed by atoms with Gasteiger partial charge < -0.3 is 10.6 Å². The van der Waals surface area contributed by atoms with E-state index in [1.54, 1.807) is 0 Å². The fraction of sp³-hybridized carbons (Fsp3) is 0.235. The van der Waals surface area contributed by atoms with Gasteiger partial charge in [0.05, 0.1) is 5.56 Å². The molecule has 0 fully saturated rings. The molecule has 1 aliphatic heterocycles. The third kappa shape index (κ3) is 2.06. The van der Waals surface area contributed by atoms with Gasteiger partial charge in [0.1, 0.15) is 12.1 Å². The number of ketones is 1. The first-order valence-electron chi connectivity index (χ1n) is 7.57. The van der Waals surface area contributed by atoms with Crippen LogP contribution in [0.2, 0.25) is 0 Å². The number of Topliss-reactive ketones (excluding diaryl/α,β-unsaturated/α-hetero) is 1. The molecule has 1 atom stereocenters. The van der Waals surface area contributed by atoms with E-state index in [1.165, 1.54) is 6.33 Å². The van der Waals surface area contributed by atoms with Gasteiger partial charge in [0.15, 0.2) is 11.3 Å². The third-order valence-corrected chi connectivity index (χ3v) is 4.38. The van der Waals surface area contributed by atoms with E-state index in [2.05, 4.69) is 4.98 Å². The number of allylic oxidation sites excluding steroid dienone is 2. The molecule has 4 rings (SSSR count). The molecule has 1 unspecified atom stereocenters. The zero-order chi connectivity index (χ0) is 16.0. The number of nitrogens with two attached hydrogens (primary N) is 1. The summed E-state index contributed by atoms with van der Waals surface area (Å²) in [5.41, 5.74) is 2.25. The number of aromatic nitrogens is 2. The molecule has 0 bridgehead atoms. The molecule has 1 aromatic heterocycles. The highest BCUT2D eigenvalue weighted by Crippen LogP contribution is 2.43. The lowest BCUT2D eigenvalue weighted by Gasteiger charge is -2.32. The fourth-order valence-electron chi connectivity index (χ4n) is 3.33. The van der Waals surface area contributed by atoms with Crippen molar-refractivity contribution in [3.63, 3.8) is 0 Å². The predicted octanol–water partition coefficient (Wildman–Crippen LogP) is 1.61. The van der Waals surface area contributed by atoms with Crippen molar-refractivity contribution < 1.29 is 9.53 Å². The molecule has 3 N–H and O–H groups in total. The minimum Gasteiger partial charge on any atom is -0.442 e. The molecule has 23 heavy (non-hydrogen) atoms. The fourth-order valence-corrected chi connectivity index (χ4v) is 3.33. The molecule has 2 aromatic rings. The Labute approximate surface area is 132 Å². The second-order valence-corrected chi connectivity index (χ2v) is 5.78. The average molecular weight is 308 g/mol. The molecule has 116 valence electrons. The van der Waals surface area contributed by atoms with Gasteiger partial charge >= 0.3 is 0 Å². The highest BCUT2D eigenvalue weighted by molar-refractivity contribution is 5.99. The van der Waals surface area contributed by atoms with Crippen molar-refractivity contribution in [2.24, 2.45) is 0 Å². The van der Waals surface area contributed by atoms with Gasteiger partial charge in [-0.05, 0) is 12.0 Å². The molecule has 1 aliphatic carbocycles. The van der Waals surface area contributed by atoms with Crippen LogP contribution in [-0.2, 0) is 4.79 Å². The van der Waals surface area contributed by atoms with Gasteiger partial charge in [-0.3, -0.25) is 10.2 Å². The molecule has 2 heterocycles. The Kier molecular flexibility index (Phi) is 3.04. The molecular formula is C17H16N4O2. The first-order valence-corrected chi connectivity index (χ1v) is 7.57. The SMILES string of the molecule is N=c1c2c(ncn1N)OC1=C(C(=O)CCC1)C2c1ccccc1. The number of benzene rings is 1. The van der Waals surface area contributed by atoms with Crippen LogP contribution in [0.15, 0.2) is 48.0 Å². The van der Waals surface area contributed by atoms with Gasteiger partial charge in [-0.2, -0.15) is 0 Å². The molecule has 0 spiro atoms. The van der Waals surface area contributed by atoms with E-state index >= 15 is 0 Å². The highest BCUT2D eigenvalue weighted by Gasteiger charge is 2.38. The van der Waals surface area contributed by atoms with E-state index in [0.29, 0.717) is 29.2 Å². The van der Waals surface area contributed by atoms with Crippen molar-refractivity contribution in [2.45, 2.75) is 25.2 Å². The van der Waals surface area contributed by atoms with Crippen molar-refractivity contribution in [2.75, 3.05) is 5.84 Å². The van der Waals surface area contributed by atoms with Crippen molar-refractivity contribution in [3.8, 4) is 5.88 Å². The lowest BCUT2D eigenvalue weighted by Crippen LogP contribution is -2.36. The Morgan fingerprint density at radius 1 is 1.26 bits per heavy atom. The second-order valence-electron chi connectivity index (χ2n) is 5.78. The lowest BCUT2D eigenvalue weighted by atomic mass is 9.78. The van der Waals surface area contributed by atoms with Gasteiger partial charge in [-0.1, -0.05) is 30.3 Å². The molecule has 1 aromatic carbocycles. The number of rotatable bonds is 1. The van der Waals surface area contributed by atoms with Gasteiger partial charge in [0.2, 0.25) is 5.88 Å². The topological polar surface area (TPSA) is 94.0 Å². The van der Waals surface area contributed by atoms with Gasteiger partial charge in [0, 0.05) is 24.3 Å². The van der Waals surface area contributed by atoms with Gasteiger partial charge in [-0.25, -0.2) is 9.66 Å². The van der Waals surface area contributed by atoms with Crippen LogP contribution in [0.25, 0.3) is 0 Å². The molecule has 0 saturated heterocycles. The van der Waals surface area contributed by atoms with Crippen LogP contribution >= 0.6 is 0 Å². The number of carbonyl (C=O) groups is 1. The van der Waals surface area contributed by atoms with E-state index in [9.17, 15) is 4.79 Å². The van der Waals surface area contributed by atoms with Crippen molar-refractivity contribution in [1.29, 1.82) is 5.41 Å². The summed E-state index contributed by atoms with van der Waals surface area (Å²) in [5, 5.41) is 8.31. The highest BCUT2D eigenvalue weighted by atomic mass is 16.5. The minimum absolute atomic E-state index is 0.0811. The molecule has 0 amide bonds. The summed E-state index contributed by atoms with van der Waals surface area (Å²) >= 11 is 0. The predicted molar refractivity (Wildman–Crippen MR) is 83.0 cm³/mol. The van der Waals surface area contributed by atoms with E-state index in [4.69, 9.17) is 16.0 Å². The zero-order valence-electron chi connectivity index (χ0n) is 12.5. The van der Waals surface area contributed by atoms with E-state index in [1.807, 2.05) is 30.3 Å². The Hall–Kier alpha value is -2.89. The summed E-state index contributed by atoms with van der Waals surface area (Å²) in [6.45, 7) is 0. The number of nitrogen functional groups attached to an aromatic ring is 1. The van der Waals surface area contributed by atoms with Crippen LogP contribution in [0, 0.1) is 5.41 Å².